The Morgan fingerprint density at radius 3 is 0.950 bits per heavy atom. The number of nitrogens with zero attached hydrogens (tertiary/aromatic N) is 23. The Hall–Kier alpha value is -15.2. The number of benzene rings is 5. The summed E-state index contributed by atoms with van der Waals surface area (Å²) in [6.07, 6.45) is 19.0. The number of aromatic amines is 3. The fraction of sp³-hybridized carbons (Fsp3) is 0.349. The number of fused-ring (bicyclic) bond motifs is 4. The molecule has 15 aromatic rings. The maximum absolute atomic E-state index is 11.9. The molecular formula is C106H116N28O7. The van der Waals surface area contributed by atoms with Crippen molar-refractivity contribution in [1.29, 1.82) is 0 Å². The van der Waals surface area contributed by atoms with Crippen LogP contribution in [0.1, 0.15) is 25.7 Å². The van der Waals surface area contributed by atoms with Crippen molar-refractivity contribution in [2.75, 3.05) is 170 Å². The van der Waals surface area contributed by atoms with Crippen LogP contribution in [0.25, 0.3) is 112 Å². The molecule has 1 spiro atoms. The van der Waals surface area contributed by atoms with Gasteiger partial charge in [0, 0.05) is 224 Å². The van der Waals surface area contributed by atoms with Crippen molar-refractivity contribution in [2.24, 2.45) is 60.9 Å². The molecule has 141 heavy (non-hydrogen) atoms. The van der Waals surface area contributed by atoms with Gasteiger partial charge in [-0.15, -0.1) is 51.0 Å². The minimum Gasteiger partial charge on any atom is -0.507 e. The molecule has 10 aromatic heterocycles. The lowest BCUT2D eigenvalue weighted by molar-refractivity contribution is 0.239. The summed E-state index contributed by atoms with van der Waals surface area (Å²) in [6.45, 7) is 20.6. The molecule has 10 aliphatic heterocycles. The van der Waals surface area contributed by atoms with Gasteiger partial charge in [0.1, 0.15) is 28.7 Å². The van der Waals surface area contributed by atoms with Crippen LogP contribution >= 0.6 is 0 Å². The molecule has 35 heteroatoms. The molecule has 722 valence electrons. The predicted octanol–water partition coefficient (Wildman–Crippen LogP) is 11.5. The number of pyridine rings is 2. The molecule has 1 unspecified atom stereocenters. The van der Waals surface area contributed by atoms with E-state index in [2.05, 4.69) is 153 Å². The molecule has 0 aliphatic carbocycles. The van der Waals surface area contributed by atoms with E-state index >= 15 is 0 Å². The van der Waals surface area contributed by atoms with Crippen LogP contribution in [0.3, 0.4) is 0 Å². The summed E-state index contributed by atoms with van der Waals surface area (Å²) < 4.78 is 3.03. The van der Waals surface area contributed by atoms with Crippen LogP contribution in [0.15, 0.2) is 235 Å². The fourth-order valence-corrected chi connectivity index (χ4v) is 22.2. The predicted molar refractivity (Wildman–Crippen MR) is 543 cm³/mol. The largest absolute Gasteiger partial charge is 0.507 e. The number of hydrogen-bond acceptors (Lipinski definition) is 30. The molecule has 0 amide bonds. The number of phenols is 5. The zero-order valence-corrected chi connectivity index (χ0v) is 79.6. The summed E-state index contributed by atoms with van der Waals surface area (Å²) in [4.78, 5) is 42.6. The van der Waals surface area contributed by atoms with Crippen LogP contribution in [-0.4, -0.2) is 282 Å². The maximum Gasteiger partial charge on any atom is 0.250 e. The highest BCUT2D eigenvalue weighted by Gasteiger charge is 2.44. The molecule has 10 saturated heterocycles. The molecule has 9 atom stereocenters. The van der Waals surface area contributed by atoms with Crippen LogP contribution in [0.2, 0.25) is 0 Å². The molecule has 10 N–H and O–H groups in total. The van der Waals surface area contributed by atoms with Crippen LogP contribution in [0.5, 0.6) is 28.7 Å². The van der Waals surface area contributed by atoms with Crippen LogP contribution < -0.4 is 46.3 Å². The van der Waals surface area contributed by atoms with Gasteiger partial charge in [-0.25, -0.2) is 0 Å². The third-order valence-corrected chi connectivity index (χ3v) is 30.2. The normalized spacial score (nSPS) is 21.7. The van der Waals surface area contributed by atoms with Crippen molar-refractivity contribution in [1.82, 2.24) is 116 Å². The van der Waals surface area contributed by atoms with Crippen LogP contribution in [0, 0.1) is 46.8 Å². The molecule has 10 aliphatic rings. The number of piperidine rings is 1. The van der Waals surface area contributed by atoms with Crippen molar-refractivity contribution in [3.05, 3.63) is 246 Å². The van der Waals surface area contributed by atoms with E-state index in [1.165, 1.54) is 54.5 Å². The van der Waals surface area contributed by atoms with Crippen LogP contribution in [-0.2, 0) is 14.1 Å². The van der Waals surface area contributed by atoms with Gasteiger partial charge in [0.25, 0.3) is 11.1 Å². The molecule has 0 bridgehead atoms. The summed E-state index contributed by atoms with van der Waals surface area (Å²) >= 11 is 0. The van der Waals surface area contributed by atoms with Crippen molar-refractivity contribution in [3.63, 3.8) is 0 Å². The lowest BCUT2D eigenvalue weighted by atomic mass is 9.80. The SMILES string of the molecule is CN1CC[C@@H]2CN(c3ccc(-c4ccc(-c5ccn(C)c(=O)c5)cc4O)nn3)C[C@@H]21.CN1C[C@@H]2CN(c3ccc(-c4ccc(-c5ccn(C)c(=O)c5)cc4O)nn3)C[C@@H]2C1.CN1C[C@@H]2CN(c3ccc(-c4ccc(-c5cn[nH]c5)cc4O)nn3)C[C@@H]2C1.Oc1cc(-c2cn[nH]c2)ccc1-c1ccc(N2CCC3(CCCNC3)C2)nn1.Oc1cc(-c2cn[nH]c2)ccc1-c1ccc(N2C[C@H]3CNC[C@H]3C2)nn1. The van der Waals surface area contributed by atoms with E-state index in [1.807, 2.05) is 133 Å². The minimum absolute atomic E-state index is 0.0878. The fourth-order valence-electron chi connectivity index (χ4n) is 22.2. The quantitative estimate of drug-likeness (QED) is 0.0456. The summed E-state index contributed by atoms with van der Waals surface area (Å²) in [7, 11) is 10.0. The van der Waals surface area contributed by atoms with E-state index in [0.717, 1.165) is 213 Å². The van der Waals surface area contributed by atoms with Gasteiger partial charge in [-0.3, -0.25) is 24.9 Å². The Balaban J connectivity index is 0.000000105. The molecule has 10 fully saturated rings. The average molecular weight is 1890 g/mol. The van der Waals surface area contributed by atoms with Crippen molar-refractivity contribution in [3.8, 4) is 141 Å². The van der Waals surface area contributed by atoms with E-state index in [9.17, 15) is 35.1 Å². The third-order valence-electron chi connectivity index (χ3n) is 30.2. The van der Waals surface area contributed by atoms with Gasteiger partial charge in [0.2, 0.25) is 0 Å². The number of phenolic OH excluding ortho intramolecular Hbond substituents is 5. The summed E-state index contributed by atoms with van der Waals surface area (Å²) in [6, 6.07) is 54.5. The Labute approximate surface area is 815 Å². The van der Waals surface area contributed by atoms with E-state index in [0.29, 0.717) is 85.5 Å². The second-order valence-corrected chi connectivity index (χ2v) is 39.6. The molecule has 0 saturated carbocycles. The molecule has 25 rings (SSSR count). The zero-order chi connectivity index (χ0) is 96.5. The average Bonchev–Trinajstić information content (AvgIpc) is 1.81. The number of rotatable bonds is 15. The van der Waals surface area contributed by atoms with Crippen molar-refractivity contribution < 1.29 is 25.5 Å². The Morgan fingerprint density at radius 1 is 0.319 bits per heavy atom. The van der Waals surface area contributed by atoms with Crippen LogP contribution in [0.4, 0.5) is 29.1 Å². The lowest BCUT2D eigenvalue weighted by Crippen LogP contribution is -2.42. The van der Waals surface area contributed by atoms with E-state index in [-0.39, 0.29) is 39.9 Å². The van der Waals surface area contributed by atoms with E-state index in [1.54, 1.807) is 106 Å². The third kappa shape index (κ3) is 20.0. The van der Waals surface area contributed by atoms with Gasteiger partial charge >= 0.3 is 0 Å². The van der Waals surface area contributed by atoms with Crippen molar-refractivity contribution >= 4 is 29.1 Å². The van der Waals surface area contributed by atoms with Crippen molar-refractivity contribution in [2.45, 2.75) is 31.7 Å². The van der Waals surface area contributed by atoms with Gasteiger partial charge in [-0.1, -0.05) is 30.3 Å². The first-order chi connectivity index (χ1) is 68.6. The summed E-state index contributed by atoms with van der Waals surface area (Å²) in [5.74, 6) is 10.4. The highest BCUT2D eigenvalue weighted by Crippen LogP contribution is 2.44. The molecular weight excluding hydrogens is 1780 g/mol. The Morgan fingerprint density at radius 2 is 0.645 bits per heavy atom. The number of aryl methyl sites for hydroxylation is 2. The van der Waals surface area contributed by atoms with E-state index < -0.39 is 0 Å². The second kappa shape index (κ2) is 40.0. The number of likely N-dealkylation sites (N-methyl/N-ethyl adjacent to an activating group) is 1. The van der Waals surface area contributed by atoms with E-state index in [4.69, 9.17) is 0 Å². The number of aromatic nitrogens is 18. The second-order valence-electron chi connectivity index (χ2n) is 39.6. The maximum atomic E-state index is 11.9. The molecule has 20 heterocycles. The zero-order valence-electron chi connectivity index (χ0n) is 79.6. The smallest absolute Gasteiger partial charge is 0.250 e. The van der Waals surface area contributed by atoms with Gasteiger partial charge in [0.15, 0.2) is 29.1 Å². The number of aromatic hydroxyl groups is 5. The van der Waals surface area contributed by atoms with Gasteiger partial charge in [-0.2, -0.15) is 15.3 Å². The first-order valence-corrected chi connectivity index (χ1v) is 48.6. The first kappa shape index (κ1) is 92.2. The number of hydrogen-bond donors (Lipinski definition) is 10. The number of nitrogens with one attached hydrogen (secondary N) is 5. The van der Waals surface area contributed by atoms with Gasteiger partial charge < -0.3 is 84.5 Å². The minimum atomic E-state index is -0.0882. The monoisotopic (exact) mass is 1890 g/mol. The number of likely N-dealkylation sites (tertiary alicyclic amines) is 3. The topological polar surface area (TPSA) is 410 Å². The highest BCUT2D eigenvalue weighted by molar-refractivity contribution is 5.80. The highest BCUT2D eigenvalue weighted by atomic mass is 16.3. The standard InChI is InChI=1S/2C23H25N5O2.C21H24N6O.C20H22N6O.C19H20N6O/c1-26-9-8-17-13-28(14-20(17)26)22-6-5-19(24-25-22)18-4-3-15(11-21(18)29)16-7-10-27(2)23(30)12-16;1-26-11-17-13-28(14-18(17)12-26)22-6-5-20(24-25-22)19-4-3-15(9-21(19)29)16-7-8-27(2)23(30)10-16;28-19-10-15(16-11-23-24-12-16)2-3-17(19)18-4-5-20(26-25-18)27-9-7-21(14-27)6-1-8-22-13-21;1-25-9-15-11-26(12-16(15)10-25)20-5-4-18(23-24-20)17-3-2-13(6-19(17)27)14-7-21-22-8-14;26-18-5-12(13-8-21-22-9-13)1-2-16(18)17-3-4-19(24-23-17)25-10-14-6-20-7-15(14)11-25/h3-7,10-12,17,20,29H,8-9,13-14H2,1-2H3;3-10,17-18,29H,11-14H2,1-2H3;2-5,10-12,22,28H,1,6-9,13-14H2,(H,23,24);2-8,15-16,27H,9-12H2,1H3,(H,21,22);1-5,8-9,14-15,20,26H,6-7,10-11H2,(H,21,22)/t17-,20+;17-,18+;;15-,16+;14-,15+/m1..../s1. The number of H-pyrrole nitrogens is 3. The lowest BCUT2D eigenvalue weighted by Gasteiger charge is -2.33. The molecule has 35 nitrogen and oxygen atoms in total. The van der Waals surface area contributed by atoms with Gasteiger partial charge in [-0.05, 0) is 274 Å². The Kier molecular flexibility index (Phi) is 26.1. The summed E-state index contributed by atoms with van der Waals surface area (Å²) in [5, 5.41) is 124. The molecule has 0 radical (unpaired) electrons. The number of anilines is 5. The van der Waals surface area contributed by atoms with Gasteiger partial charge in [0.05, 0.1) is 47.1 Å². The summed E-state index contributed by atoms with van der Waals surface area (Å²) in [5.41, 5.74) is 15.4. The first-order valence-electron chi connectivity index (χ1n) is 48.6. The Bertz CT molecular complexity index is 6970. The molecule has 5 aromatic carbocycles.